The number of aromatic nitrogens is 3. The highest BCUT2D eigenvalue weighted by Gasteiger charge is 2.25. The number of nitrogens with zero attached hydrogens (tertiary/aromatic N) is 3. The molecule has 1 aliphatic carbocycles. The molecule has 2 heterocycles. The molecule has 1 saturated carbocycles. The number of aryl methyl sites for hydroxylation is 1. The molecule has 0 bridgehead atoms. The second kappa shape index (κ2) is 2.70. The summed E-state index contributed by atoms with van der Waals surface area (Å²) in [5, 5.41) is 0.553. The number of pyridine rings is 1. The topological polar surface area (TPSA) is 30.7 Å². The Balaban J connectivity index is 2.33. The Hall–Kier alpha value is -1.09. The normalized spacial score (nSPS) is 16.4. The van der Waals surface area contributed by atoms with Gasteiger partial charge in [0.05, 0.1) is 6.33 Å². The predicted octanol–water partition coefficient (Wildman–Crippen LogP) is 2.73. The maximum absolute atomic E-state index is 5.93. The van der Waals surface area contributed by atoms with E-state index in [0.717, 1.165) is 16.7 Å². The van der Waals surface area contributed by atoms with Crippen LogP contribution in [0.1, 0.15) is 24.4 Å². The van der Waals surface area contributed by atoms with E-state index in [1.54, 1.807) is 0 Å². The van der Waals surface area contributed by atoms with Crippen LogP contribution in [-0.2, 0) is 0 Å². The van der Waals surface area contributed by atoms with Gasteiger partial charge in [-0.25, -0.2) is 9.97 Å². The molecule has 3 rings (SSSR count). The first-order valence-corrected chi connectivity index (χ1v) is 5.13. The van der Waals surface area contributed by atoms with E-state index in [2.05, 4.69) is 14.5 Å². The summed E-state index contributed by atoms with van der Waals surface area (Å²) in [5.41, 5.74) is 3.00. The van der Waals surface area contributed by atoms with Gasteiger partial charge in [0.1, 0.15) is 10.7 Å². The molecule has 0 aromatic carbocycles. The summed E-state index contributed by atoms with van der Waals surface area (Å²) in [7, 11) is 0. The zero-order valence-electron chi connectivity index (χ0n) is 7.87. The molecule has 0 aliphatic heterocycles. The Labute approximate surface area is 86.7 Å². The van der Waals surface area contributed by atoms with Gasteiger partial charge in [-0.1, -0.05) is 11.6 Å². The number of imidazole rings is 1. The largest absolute Gasteiger partial charge is 0.312 e. The summed E-state index contributed by atoms with van der Waals surface area (Å²) in [5.74, 6) is 0. The lowest BCUT2D eigenvalue weighted by molar-refractivity contribution is 0.757. The van der Waals surface area contributed by atoms with Crippen molar-refractivity contribution in [3.8, 4) is 0 Å². The molecule has 0 unspecified atom stereocenters. The zero-order chi connectivity index (χ0) is 9.71. The molecule has 0 amide bonds. The average Bonchev–Trinajstić information content (AvgIpc) is 2.87. The fraction of sp³-hybridized carbons (Fsp3) is 0.400. The van der Waals surface area contributed by atoms with Crippen LogP contribution in [0.5, 0.6) is 0 Å². The standard InChI is InChI=1S/C10H10ClN3/c1-6-4-8(11)13-10-9(6)12-5-14(10)7-2-3-7/h4-5,7H,2-3H2,1H3. The number of rotatable bonds is 1. The molecular formula is C10H10ClN3. The van der Waals surface area contributed by atoms with Gasteiger partial charge in [-0.2, -0.15) is 0 Å². The second-order valence-corrected chi connectivity index (χ2v) is 4.20. The van der Waals surface area contributed by atoms with Gasteiger partial charge in [-0.3, -0.25) is 0 Å². The molecule has 2 aromatic rings. The molecule has 0 spiro atoms. The highest BCUT2D eigenvalue weighted by atomic mass is 35.5. The smallest absolute Gasteiger partial charge is 0.162 e. The molecule has 3 nitrogen and oxygen atoms in total. The SMILES string of the molecule is Cc1cc(Cl)nc2c1ncn2C1CC1. The minimum Gasteiger partial charge on any atom is -0.312 e. The highest BCUT2D eigenvalue weighted by Crippen LogP contribution is 2.37. The Morgan fingerprint density at radius 1 is 1.50 bits per heavy atom. The van der Waals surface area contributed by atoms with E-state index in [-0.39, 0.29) is 0 Å². The van der Waals surface area contributed by atoms with Crippen molar-refractivity contribution in [1.82, 2.24) is 14.5 Å². The third kappa shape index (κ3) is 1.12. The molecule has 0 atom stereocenters. The van der Waals surface area contributed by atoms with Crippen LogP contribution in [0.2, 0.25) is 5.15 Å². The van der Waals surface area contributed by atoms with E-state index < -0.39 is 0 Å². The summed E-state index contributed by atoms with van der Waals surface area (Å²) < 4.78 is 2.13. The van der Waals surface area contributed by atoms with Gasteiger partial charge in [-0.15, -0.1) is 0 Å². The van der Waals surface area contributed by atoms with Gasteiger partial charge in [0, 0.05) is 6.04 Å². The van der Waals surface area contributed by atoms with Crippen LogP contribution in [0, 0.1) is 6.92 Å². The Morgan fingerprint density at radius 3 is 3.00 bits per heavy atom. The number of hydrogen-bond acceptors (Lipinski definition) is 2. The minimum absolute atomic E-state index is 0.553. The van der Waals surface area contributed by atoms with Gasteiger partial charge in [0.2, 0.25) is 0 Å². The monoisotopic (exact) mass is 207 g/mol. The lowest BCUT2D eigenvalue weighted by Crippen LogP contribution is -1.93. The Kier molecular flexibility index (Phi) is 1.59. The lowest BCUT2D eigenvalue weighted by atomic mass is 10.3. The number of fused-ring (bicyclic) bond motifs is 1. The van der Waals surface area contributed by atoms with Crippen LogP contribution in [0.15, 0.2) is 12.4 Å². The maximum atomic E-state index is 5.93. The van der Waals surface area contributed by atoms with Crippen molar-refractivity contribution in [2.24, 2.45) is 0 Å². The fourth-order valence-corrected chi connectivity index (χ4v) is 1.99. The minimum atomic E-state index is 0.553. The van der Waals surface area contributed by atoms with Crippen LogP contribution < -0.4 is 0 Å². The molecule has 14 heavy (non-hydrogen) atoms. The third-order valence-electron chi connectivity index (χ3n) is 2.63. The Bertz CT molecular complexity index is 499. The van der Waals surface area contributed by atoms with E-state index in [9.17, 15) is 0 Å². The number of hydrogen-bond donors (Lipinski definition) is 0. The highest BCUT2D eigenvalue weighted by molar-refractivity contribution is 6.29. The first kappa shape index (κ1) is 8.24. The van der Waals surface area contributed by atoms with Crippen LogP contribution in [-0.4, -0.2) is 14.5 Å². The molecule has 1 fully saturated rings. The molecule has 72 valence electrons. The first-order chi connectivity index (χ1) is 6.75. The van der Waals surface area contributed by atoms with E-state index >= 15 is 0 Å². The van der Waals surface area contributed by atoms with Crippen molar-refractivity contribution in [3.63, 3.8) is 0 Å². The molecule has 0 saturated heterocycles. The molecule has 0 N–H and O–H groups in total. The lowest BCUT2D eigenvalue weighted by Gasteiger charge is -2.01. The molecule has 2 aromatic heterocycles. The van der Waals surface area contributed by atoms with Gasteiger partial charge in [0.25, 0.3) is 0 Å². The molecular weight excluding hydrogens is 198 g/mol. The van der Waals surface area contributed by atoms with Crippen molar-refractivity contribution in [1.29, 1.82) is 0 Å². The van der Waals surface area contributed by atoms with Crippen molar-refractivity contribution in [2.45, 2.75) is 25.8 Å². The van der Waals surface area contributed by atoms with Gasteiger partial charge in [-0.05, 0) is 31.4 Å². The van der Waals surface area contributed by atoms with Crippen molar-refractivity contribution < 1.29 is 0 Å². The Morgan fingerprint density at radius 2 is 2.29 bits per heavy atom. The van der Waals surface area contributed by atoms with Crippen molar-refractivity contribution in [3.05, 3.63) is 23.1 Å². The van der Waals surface area contributed by atoms with Crippen LogP contribution in [0.3, 0.4) is 0 Å². The second-order valence-electron chi connectivity index (χ2n) is 3.82. The molecule has 4 heteroatoms. The summed E-state index contributed by atoms with van der Waals surface area (Å²) in [6, 6.07) is 2.46. The van der Waals surface area contributed by atoms with Gasteiger partial charge in [0.15, 0.2) is 5.65 Å². The quantitative estimate of drug-likeness (QED) is 0.674. The molecule has 1 aliphatic rings. The van der Waals surface area contributed by atoms with Crippen LogP contribution in [0.25, 0.3) is 11.2 Å². The summed E-state index contributed by atoms with van der Waals surface area (Å²) in [6.45, 7) is 2.01. The maximum Gasteiger partial charge on any atom is 0.162 e. The van der Waals surface area contributed by atoms with E-state index in [1.807, 2.05) is 19.3 Å². The van der Waals surface area contributed by atoms with Crippen LogP contribution >= 0.6 is 11.6 Å². The first-order valence-electron chi connectivity index (χ1n) is 4.75. The van der Waals surface area contributed by atoms with Crippen molar-refractivity contribution in [2.75, 3.05) is 0 Å². The zero-order valence-corrected chi connectivity index (χ0v) is 8.62. The van der Waals surface area contributed by atoms with E-state index in [4.69, 9.17) is 11.6 Å². The average molecular weight is 208 g/mol. The summed E-state index contributed by atoms with van der Waals surface area (Å²) in [6.07, 6.45) is 4.34. The molecule has 0 radical (unpaired) electrons. The van der Waals surface area contributed by atoms with E-state index in [0.29, 0.717) is 11.2 Å². The van der Waals surface area contributed by atoms with Crippen LogP contribution in [0.4, 0.5) is 0 Å². The van der Waals surface area contributed by atoms with Gasteiger partial charge >= 0.3 is 0 Å². The third-order valence-corrected chi connectivity index (χ3v) is 2.82. The van der Waals surface area contributed by atoms with E-state index in [1.165, 1.54) is 12.8 Å². The van der Waals surface area contributed by atoms with Crippen molar-refractivity contribution >= 4 is 22.8 Å². The summed E-state index contributed by atoms with van der Waals surface area (Å²) >= 11 is 5.93. The van der Waals surface area contributed by atoms with Gasteiger partial charge < -0.3 is 4.57 Å². The fourth-order valence-electron chi connectivity index (χ4n) is 1.74. The number of halogens is 1. The predicted molar refractivity (Wildman–Crippen MR) is 55.5 cm³/mol. The summed E-state index contributed by atoms with van der Waals surface area (Å²) in [4.78, 5) is 8.69.